The van der Waals surface area contributed by atoms with Crippen LogP contribution in [0.15, 0.2) is 24.3 Å². The Balaban J connectivity index is 2.14. The van der Waals surface area contributed by atoms with Gasteiger partial charge in [0.25, 0.3) is 0 Å². The summed E-state index contributed by atoms with van der Waals surface area (Å²) in [4.78, 5) is 5.98. The van der Waals surface area contributed by atoms with Crippen molar-refractivity contribution in [1.29, 1.82) is 0 Å². The molecule has 0 atom stereocenters. The average molecular weight is 306 g/mol. The molecule has 0 aliphatic heterocycles. The molecule has 5 heteroatoms. The third-order valence-electron chi connectivity index (χ3n) is 3.13. The Morgan fingerprint density at radius 3 is 2.86 bits per heavy atom. The molecule has 0 saturated carbocycles. The summed E-state index contributed by atoms with van der Waals surface area (Å²) in [6.45, 7) is 4.48. The van der Waals surface area contributed by atoms with E-state index in [1.165, 1.54) is 10.4 Å². The minimum atomic E-state index is 0.565. The summed E-state index contributed by atoms with van der Waals surface area (Å²) in [5.74, 6) is 0.883. The number of nitrogens with zero attached hydrogens (tertiary/aromatic N) is 1. The zero-order valence-electron chi connectivity index (χ0n) is 12.8. The standard InChI is InChI=1S/C16H22N2O2S/c1-4-17-10-15-14(11-19-2)18-16(21-15)9-12-6-5-7-13(8-12)20-3/h5-8,17H,4,9-11H2,1-3H3. The monoisotopic (exact) mass is 306 g/mol. The maximum atomic E-state index is 5.27. The quantitative estimate of drug-likeness (QED) is 0.814. The zero-order chi connectivity index (χ0) is 15.1. The van der Waals surface area contributed by atoms with Crippen molar-refractivity contribution in [3.8, 4) is 5.75 Å². The van der Waals surface area contributed by atoms with E-state index in [2.05, 4.69) is 24.4 Å². The lowest BCUT2D eigenvalue weighted by atomic mass is 10.1. The highest BCUT2D eigenvalue weighted by molar-refractivity contribution is 7.11. The molecule has 0 radical (unpaired) electrons. The van der Waals surface area contributed by atoms with Gasteiger partial charge in [0.05, 0.1) is 24.4 Å². The van der Waals surface area contributed by atoms with Gasteiger partial charge in [-0.25, -0.2) is 4.98 Å². The van der Waals surface area contributed by atoms with E-state index in [-0.39, 0.29) is 0 Å². The minimum absolute atomic E-state index is 0.565. The van der Waals surface area contributed by atoms with Crippen molar-refractivity contribution in [1.82, 2.24) is 10.3 Å². The van der Waals surface area contributed by atoms with Gasteiger partial charge in [-0.1, -0.05) is 19.1 Å². The predicted octanol–water partition coefficient (Wildman–Crippen LogP) is 3.00. The van der Waals surface area contributed by atoms with Gasteiger partial charge in [0.1, 0.15) is 5.75 Å². The molecule has 21 heavy (non-hydrogen) atoms. The third kappa shape index (κ3) is 4.52. The van der Waals surface area contributed by atoms with Crippen LogP contribution < -0.4 is 10.1 Å². The number of rotatable bonds is 8. The first-order valence-electron chi connectivity index (χ1n) is 7.06. The number of thiazole rings is 1. The van der Waals surface area contributed by atoms with E-state index in [1.54, 1.807) is 25.6 Å². The molecule has 0 amide bonds. The maximum Gasteiger partial charge on any atom is 0.119 e. The van der Waals surface area contributed by atoms with Gasteiger partial charge < -0.3 is 14.8 Å². The lowest BCUT2D eigenvalue weighted by molar-refractivity contribution is 0.181. The summed E-state index contributed by atoms with van der Waals surface area (Å²) >= 11 is 1.75. The SMILES string of the molecule is CCNCc1sc(Cc2cccc(OC)c2)nc1COC. The predicted molar refractivity (Wildman–Crippen MR) is 86.0 cm³/mol. The van der Waals surface area contributed by atoms with Crippen LogP contribution in [0.2, 0.25) is 0 Å². The average Bonchev–Trinajstić information content (AvgIpc) is 2.87. The van der Waals surface area contributed by atoms with Crippen LogP contribution in [0.4, 0.5) is 0 Å². The van der Waals surface area contributed by atoms with Crippen LogP contribution in [-0.4, -0.2) is 25.7 Å². The van der Waals surface area contributed by atoms with Crippen LogP contribution >= 0.6 is 11.3 Å². The fourth-order valence-corrected chi connectivity index (χ4v) is 3.17. The molecule has 114 valence electrons. The van der Waals surface area contributed by atoms with Gasteiger partial charge in [-0.05, 0) is 24.2 Å². The molecule has 1 N–H and O–H groups in total. The Morgan fingerprint density at radius 1 is 1.29 bits per heavy atom. The van der Waals surface area contributed by atoms with Crippen molar-refractivity contribution in [3.05, 3.63) is 45.4 Å². The number of methoxy groups -OCH3 is 2. The second kappa shape index (κ2) is 8.12. The third-order valence-corrected chi connectivity index (χ3v) is 4.23. The molecule has 1 aromatic carbocycles. The Labute approximate surface area is 130 Å². The van der Waals surface area contributed by atoms with Crippen LogP contribution in [-0.2, 0) is 24.3 Å². The lowest BCUT2D eigenvalue weighted by Crippen LogP contribution is -2.12. The molecular weight excluding hydrogens is 284 g/mol. The van der Waals surface area contributed by atoms with Crippen molar-refractivity contribution in [2.75, 3.05) is 20.8 Å². The summed E-state index contributed by atoms with van der Waals surface area (Å²) in [5, 5.41) is 4.47. The van der Waals surface area contributed by atoms with Crippen molar-refractivity contribution < 1.29 is 9.47 Å². The lowest BCUT2D eigenvalue weighted by Gasteiger charge is -2.02. The van der Waals surface area contributed by atoms with Crippen molar-refractivity contribution in [2.24, 2.45) is 0 Å². The molecule has 1 aromatic heterocycles. The summed E-state index contributed by atoms with van der Waals surface area (Å²) in [5.41, 5.74) is 2.25. The van der Waals surface area contributed by atoms with Crippen molar-refractivity contribution in [2.45, 2.75) is 26.5 Å². The Morgan fingerprint density at radius 2 is 2.14 bits per heavy atom. The van der Waals surface area contributed by atoms with Crippen LogP contribution in [0.25, 0.3) is 0 Å². The number of hydrogen-bond acceptors (Lipinski definition) is 5. The van der Waals surface area contributed by atoms with Gasteiger partial charge in [0, 0.05) is 25.0 Å². The van der Waals surface area contributed by atoms with Gasteiger partial charge in [-0.15, -0.1) is 11.3 Å². The molecule has 0 spiro atoms. The Kier molecular flexibility index (Phi) is 6.17. The van der Waals surface area contributed by atoms with Gasteiger partial charge in [-0.2, -0.15) is 0 Å². The first-order valence-corrected chi connectivity index (χ1v) is 7.88. The van der Waals surface area contributed by atoms with E-state index in [0.29, 0.717) is 6.61 Å². The normalized spacial score (nSPS) is 10.8. The summed E-state index contributed by atoms with van der Waals surface area (Å²) in [6, 6.07) is 8.13. The summed E-state index contributed by atoms with van der Waals surface area (Å²) in [7, 11) is 3.39. The molecule has 0 aliphatic carbocycles. The van der Waals surface area contributed by atoms with Gasteiger partial charge in [0.2, 0.25) is 0 Å². The number of benzene rings is 1. The number of ether oxygens (including phenoxy) is 2. The Hall–Kier alpha value is -1.43. The van der Waals surface area contributed by atoms with E-state index in [4.69, 9.17) is 14.5 Å². The van der Waals surface area contributed by atoms with E-state index in [0.717, 1.165) is 36.0 Å². The Bertz CT molecular complexity index is 569. The van der Waals surface area contributed by atoms with E-state index in [1.807, 2.05) is 12.1 Å². The van der Waals surface area contributed by atoms with E-state index in [9.17, 15) is 0 Å². The van der Waals surface area contributed by atoms with Crippen LogP contribution in [0.1, 0.15) is 28.1 Å². The highest BCUT2D eigenvalue weighted by atomic mass is 32.1. The molecule has 2 aromatic rings. The van der Waals surface area contributed by atoms with Crippen LogP contribution in [0.5, 0.6) is 5.75 Å². The fourth-order valence-electron chi connectivity index (χ4n) is 2.10. The minimum Gasteiger partial charge on any atom is -0.497 e. The zero-order valence-corrected chi connectivity index (χ0v) is 13.6. The van der Waals surface area contributed by atoms with Gasteiger partial charge >= 0.3 is 0 Å². The van der Waals surface area contributed by atoms with Crippen LogP contribution in [0.3, 0.4) is 0 Å². The van der Waals surface area contributed by atoms with E-state index >= 15 is 0 Å². The molecule has 4 nitrogen and oxygen atoms in total. The van der Waals surface area contributed by atoms with Crippen molar-refractivity contribution in [3.63, 3.8) is 0 Å². The second-order valence-electron chi connectivity index (χ2n) is 4.72. The maximum absolute atomic E-state index is 5.27. The molecule has 0 aliphatic rings. The second-order valence-corrected chi connectivity index (χ2v) is 5.89. The van der Waals surface area contributed by atoms with Gasteiger partial charge in [-0.3, -0.25) is 0 Å². The van der Waals surface area contributed by atoms with Crippen LogP contribution in [0, 0.1) is 0 Å². The molecule has 0 unspecified atom stereocenters. The largest absolute Gasteiger partial charge is 0.497 e. The number of nitrogens with one attached hydrogen (secondary N) is 1. The molecule has 2 rings (SSSR count). The topological polar surface area (TPSA) is 43.4 Å². The van der Waals surface area contributed by atoms with Crippen molar-refractivity contribution >= 4 is 11.3 Å². The van der Waals surface area contributed by atoms with E-state index < -0.39 is 0 Å². The number of aromatic nitrogens is 1. The molecule has 0 saturated heterocycles. The smallest absolute Gasteiger partial charge is 0.119 e. The number of hydrogen-bond donors (Lipinski definition) is 1. The highest BCUT2D eigenvalue weighted by Crippen LogP contribution is 2.23. The fraction of sp³-hybridized carbons (Fsp3) is 0.438. The molecular formula is C16H22N2O2S. The molecule has 1 heterocycles. The highest BCUT2D eigenvalue weighted by Gasteiger charge is 2.11. The summed E-state index contributed by atoms with van der Waals surface area (Å²) < 4.78 is 10.5. The van der Waals surface area contributed by atoms with Gasteiger partial charge in [0.15, 0.2) is 0 Å². The first-order chi connectivity index (χ1) is 10.3. The summed E-state index contributed by atoms with van der Waals surface area (Å²) in [6.07, 6.45) is 0.824. The molecule has 0 fully saturated rings. The first kappa shape index (κ1) is 15.9. The molecule has 0 bridgehead atoms.